The molecular weight excluding hydrogens is 590 g/mol. The normalized spacial score (nSPS) is 12.5. The second kappa shape index (κ2) is 15.9. The number of amidine groups is 1. The van der Waals surface area contributed by atoms with Crippen molar-refractivity contribution in [3.05, 3.63) is 89.6 Å². The number of oxazole rings is 1. The molecule has 3 aromatic rings. The Kier molecular flexibility index (Phi) is 12.1. The lowest BCUT2D eigenvalue weighted by Crippen LogP contribution is -2.51. The number of rotatable bonds is 17. The summed E-state index contributed by atoms with van der Waals surface area (Å²) in [7, 11) is -4.01. The van der Waals surface area contributed by atoms with Crippen molar-refractivity contribution >= 4 is 39.4 Å². The fraction of sp³-hybridized carbons (Fsp3) is 0.286. The Morgan fingerprint density at radius 1 is 1.00 bits per heavy atom. The first-order valence-electron chi connectivity index (χ1n) is 13.5. The van der Waals surface area contributed by atoms with E-state index in [0.29, 0.717) is 23.1 Å². The Hall–Kier alpha value is -5.09. The number of aliphatic imine (C=N–C) groups is 1. The van der Waals surface area contributed by atoms with Gasteiger partial charge in [-0.05, 0) is 36.5 Å². The second-order valence-electron chi connectivity index (χ2n) is 9.72. The van der Waals surface area contributed by atoms with E-state index in [-0.39, 0.29) is 42.8 Å². The number of nitrogens with zero attached hydrogens (tertiary/aromatic N) is 2. The molecule has 0 aliphatic carbocycles. The zero-order chi connectivity index (χ0) is 32.1. The van der Waals surface area contributed by atoms with E-state index in [2.05, 4.69) is 25.3 Å². The van der Waals surface area contributed by atoms with E-state index >= 15 is 0 Å². The van der Waals surface area contributed by atoms with E-state index < -0.39 is 46.2 Å². The topological polar surface area (TPSA) is 262 Å². The minimum absolute atomic E-state index is 0.0986. The number of nitrogens with one attached hydrogen (secondary N) is 4. The van der Waals surface area contributed by atoms with E-state index in [1.54, 1.807) is 54.6 Å². The van der Waals surface area contributed by atoms with Gasteiger partial charge >= 0.3 is 0 Å². The minimum atomic E-state index is -4.01. The molecule has 234 valence electrons. The summed E-state index contributed by atoms with van der Waals surface area (Å²) in [5, 5.41) is 12.7. The van der Waals surface area contributed by atoms with Gasteiger partial charge in [0.2, 0.25) is 27.6 Å². The van der Waals surface area contributed by atoms with Gasteiger partial charge < -0.3 is 32.3 Å². The van der Waals surface area contributed by atoms with Crippen LogP contribution in [-0.2, 0) is 31.8 Å². The number of Topliss-reactive ketones (excluding diaryl/α,β-unsaturated/α-hetero) is 1. The molecule has 0 saturated heterocycles. The van der Waals surface area contributed by atoms with Crippen LogP contribution in [0.5, 0.6) is 0 Å². The molecule has 0 fully saturated rings. The van der Waals surface area contributed by atoms with Crippen LogP contribution in [0.4, 0.5) is 0 Å². The first kappa shape index (κ1) is 33.4. The van der Waals surface area contributed by atoms with Crippen molar-refractivity contribution in [3.63, 3.8) is 0 Å². The molecule has 1 heterocycles. The zero-order valence-corrected chi connectivity index (χ0v) is 24.5. The number of amides is 2. The molecule has 15 nitrogen and oxygen atoms in total. The number of nitrogen functional groups attached to an aromatic ring is 1. The van der Waals surface area contributed by atoms with Gasteiger partial charge in [0.15, 0.2) is 5.96 Å². The van der Waals surface area contributed by atoms with Crippen LogP contribution in [0.2, 0.25) is 0 Å². The predicted molar refractivity (Wildman–Crippen MR) is 163 cm³/mol. The monoisotopic (exact) mass is 625 g/mol. The van der Waals surface area contributed by atoms with Gasteiger partial charge in [-0.3, -0.25) is 24.8 Å². The van der Waals surface area contributed by atoms with E-state index in [0.717, 1.165) is 0 Å². The van der Waals surface area contributed by atoms with Gasteiger partial charge in [-0.1, -0.05) is 48.5 Å². The van der Waals surface area contributed by atoms with Crippen LogP contribution in [-0.4, -0.2) is 68.0 Å². The standard InChI is InChI=1S/C28H35N9O6S/c29-25(30)20-9-4-8-19(14-20)15-22(37-44(41,42)17-18-6-2-1-3-7-18)26(40)35-16-23(38)36-21(10-5-11-34-28(31)32)24(39)27-33-12-13-43-27/h1-4,6-9,12-14,21-22,37H,5,10-11,15-17H2,(H3,29,30)(H,35,40)(H,36,38)(H4,31,32,34)/t21-,22+/m0/s1. The molecular formula is C28H35N9O6S. The van der Waals surface area contributed by atoms with Gasteiger partial charge in [0.25, 0.3) is 5.89 Å². The van der Waals surface area contributed by atoms with Crippen molar-refractivity contribution in [2.75, 3.05) is 13.1 Å². The summed E-state index contributed by atoms with van der Waals surface area (Å²) in [6.07, 6.45) is 2.89. The summed E-state index contributed by atoms with van der Waals surface area (Å²) in [6, 6.07) is 12.5. The van der Waals surface area contributed by atoms with Gasteiger partial charge in [0.1, 0.15) is 18.1 Å². The molecule has 2 amide bonds. The number of hydrogen-bond donors (Lipinski definition) is 7. The molecule has 16 heteroatoms. The quantitative estimate of drug-likeness (QED) is 0.0439. The van der Waals surface area contributed by atoms with Crippen LogP contribution >= 0.6 is 0 Å². The van der Waals surface area contributed by atoms with E-state index in [9.17, 15) is 22.8 Å². The van der Waals surface area contributed by atoms with Crippen molar-refractivity contribution in [1.82, 2.24) is 20.3 Å². The lowest BCUT2D eigenvalue weighted by Gasteiger charge is -2.20. The number of carbonyl (C=O) groups is 3. The van der Waals surface area contributed by atoms with Crippen molar-refractivity contribution < 1.29 is 27.2 Å². The highest BCUT2D eigenvalue weighted by Crippen LogP contribution is 2.11. The lowest BCUT2D eigenvalue weighted by atomic mass is 10.0. The summed E-state index contributed by atoms with van der Waals surface area (Å²) in [6.45, 7) is -0.355. The minimum Gasteiger partial charge on any atom is -0.442 e. The average molecular weight is 626 g/mol. The van der Waals surface area contributed by atoms with Crippen LogP contribution in [0.1, 0.15) is 40.2 Å². The fourth-order valence-electron chi connectivity index (χ4n) is 4.14. The second-order valence-corrected chi connectivity index (χ2v) is 11.5. The molecule has 0 aliphatic heterocycles. The van der Waals surface area contributed by atoms with Crippen LogP contribution in [0, 0.1) is 5.41 Å². The third-order valence-electron chi connectivity index (χ3n) is 6.18. The van der Waals surface area contributed by atoms with E-state index in [1.165, 1.54) is 12.5 Å². The molecule has 3 rings (SSSR count). The Morgan fingerprint density at radius 2 is 1.73 bits per heavy atom. The van der Waals surface area contributed by atoms with Crippen LogP contribution < -0.4 is 32.6 Å². The van der Waals surface area contributed by atoms with Crippen molar-refractivity contribution in [2.45, 2.75) is 37.1 Å². The molecule has 0 radical (unpaired) electrons. The number of aromatic nitrogens is 1. The lowest BCUT2D eigenvalue weighted by molar-refractivity contribution is -0.127. The third-order valence-corrected chi connectivity index (χ3v) is 7.54. The highest BCUT2D eigenvalue weighted by atomic mass is 32.2. The fourth-order valence-corrected chi connectivity index (χ4v) is 5.48. The Bertz CT molecular complexity index is 1570. The Balaban J connectivity index is 1.71. The highest BCUT2D eigenvalue weighted by molar-refractivity contribution is 7.88. The highest BCUT2D eigenvalue weighted by Gasteiger charge is 2.28. The molecule has 2 aromatic carbocycles. The van der Waals surface area contributed by atoms with Crippen LogP contribution in [0.15, 0.2) is 76.5 Å². The SMILES string of the molecule is N=C(N)c1cccc(C[C@@H](NS(=O)(=O)Cc2ccccc2)C(=O)NCC(=O)N[C@@H](CCCN=C(N)N)C(=O)c2ncco2)c1. The van der Waals surface area contributed by atoms with Gasteiger partial charge in [0.05, 0.1) is 24.5 Å². The Morgan fingerprint density at radius 3 is 2.39 bits per heavy atom. The third kappa shape index (κ3) is 11.0. The van der Waals surface area contributed by atoms with E-state index in [4.69, 9.17) is 27.0 Å². The number of benzene rings is 2. The van der Waals surface area contributed by atoms with Gasteiger partial charge in [0, 0.05) is 12.1 Å². The van der Waals surface area contributed by atoms with Crippen molar-refractivity contribution in [1.29, 1.82) is 5.41 Å². The van der Waals surface area contributed by atoms with Gasteiger partial charge in [-0.2, -0.15) is 0 Å². The number of guanidine groups is 1. The summed E-state index contributed by atoms with van der Waals surface area (Å²) < 4.78 is 33.5. The molecule has 0 saturated carbocycles. The molecule has 44 heavy (non-hydrogen) atoms. The van der Waals surface area contributed by atoms with E-state index in [1.807, 2.05) is 0 Å². The van der Waals surface area contributed by atoms with Crippen LogP contribution in [0.3, 0.4) is 0 Å². The molecule has 0 aliphatic rings. The van der Waals surface area contributed by atoms with Gasteiger partial charge in [-0.25, -0.2) is 18.1 Å². The summed E-state index contributed by atoms with van der Waals surface area (Å²) in [5.74, 6) is -2.98. The first-order chi connectivity index (χ1) is 20.9. The van der Waals surface area contributed by atoms with Crippen LogP contribution in [0.25, 0.3) is 0 Å². The largest absolute Gasteiger partial charge is 0.442 e. The van der Waals surface area contributed by atoms with Crippen molar-refractivity contribution in [3.8, 4) is 0 Å². The molecule has 10 N–H and O–H groups in total. The smallest absolute Gasteiger partial charge is 0.265 e. The predicted octanol–water partition coefficient (Wildman–Crippen LogP) is -0.473. The summed E-state index contributed by atoms with van der Waals surface area (Å²) in [4.78, 5) is 46.6. The average Bonchev–Trinajstić information content (AvgIpc) is 3.52. The Labute approximate surface area is 254 Å². The summed E-state index contributed by atoms with van der Waals surface area (Å²) >= 11 is 0. The maximum atomic E-state index is 13.3. The first-order valence-corrected chi connectivity index (χ1v) is 15.1. The molecule has 0 bridgehead atoms. The molecule has 1 aromatic heterocycles. The maximum Gasteiger partial charge on any atom is 0.265 e. The van der Waals surface area contributed by atoms with Crippen molar-refractivity contribution in [2.24, 2.45) is 22.2 Å². The number of nitrogens with two attached hydrogens (primary N) is 3. The number of sulfonamides is 1. The summed E-state index contributed by atoms with van der Waals surface area (Å²) in [5.41, 5.74) is 17.7. The molecule has 0 unspecified atom stereocenters. The number of carbonyl (C=O) groups excluding carboxylic acids is 3. The molecule has 2 atom stereocenters. The number of ketones is 1. The number of hydrogen-bond acceptors (Lipinski definition) is 9. The zero-order valence-electron chi connectivity index (χ0n) is 23.7. The maximum absolute atomic E-state index is 13.3. The van der Waals surface area contributed by atoms with Gasteiger partial charge in [-0.15, -0.1) is 0 Å². The molecule has 0 spiro atoms.